The Hall–Kier alpha value is -0.370. The third-order valence-electron chi connectivity index (χ3n) is 6.40. The van der Waals surface area contributed by atoms with Gasteiger partial charge in [0.15, 0.2) is 0 Å². The molecule has 2 heteroatoms. The molecule has 0 radical (unpaired) electrons. The normalized spacial score (nSPS) is 38.8. The van der Waals surface area contributed by atoms with Gasteiger partial charge in [-0.05, 0) is 41.9 Å². The van der Waals surface area contributed by atoms with E-state index in [-0.39, 0.29) is 5.41 Å². The molecule has 0 aromatic heterocycles. The largest absolute Gasteiger partial charge is 0.329 e. The summed E-state index contributed by atoms with van der Waals surface area (Å²) in [5, 5.41) is 0. The van der Waals surface area contributed by atoms with Crippen LogP contribution in [0.4, 0.5) is 0 Å². The Morgan fingerprint density at radius 1 is 1.33 bits per heavy atom. The van der Waals surface area contributed by atoms with Gasteiger partial charge in [0.1, 0.15) is 0 Å². The second-order valence-corrected chi connectivity index (χ2v) is 7.81. The average molecular weight is 250 g/mol. The molecule has 3 saturated carbocycles. The molecule has 3 aliphatic rings. The van der Waals surface area contributed by atoms with Gasteiger partial charge in [0.05, 0.1) is 6.54 Å². The van der Waals surface area contributed by atoms with Crippen LogP contribution in [0.1, 0.15) is 53.9 Å². The lowest BCUT2D eigenvalue weighted by Crippen LogP contribution is -2.61. The van der Waals surface area contributed by atoms with Crippen molar-refractivity contribution in [1.82, 2.24) is 0 Å². The summed E-state index contributed by atoms with van der Waals surface area (Å²) in [4.78, 5) is 4.53. The quantitative estimate of drug-likeness (QED) is 0.762. The van der Waals surface area contributed by atoms with Gasteiger partial charge in [-0.3, -0.25) is 4.99 Å². The van der Waals surface area contributed by atoms with Crippen LogP contribution >= 0.6 is 0 Å². The topological polar surface area (TPSA) is 38.4 Å². The first-order chi connectivity index (χ1) is 8.25. The summed E-state index contributed by atoms with van der Waals surface area (Å²) in [7, 11) is 0. The third-order valence-corrected chi connectivity index (χ3v) is 6.40. The molecule has 104 valence electrons. The van der Waals surface area contributed by atoms with Crippen LogP contribution in [-0.2, 0) is 0 Å². The molecule has 0 aromatic rings. The Balaban J connectivity index is 2.20. The van der Waals surface area contributed by atoms with Crippen LogP contribution in [0.5, 0.6) is 0 Å². The molecule has 0 heterocycles. The standard InChI is InChI=1S/C16H30N2/c1-14(2,11-18-9-8-17)16(5)7-6-12-10-13(16)15(12,3)4/h11-13H,6-10,17H2,1-5H3/b18-11+. The molecule has 3 atom stereocenters. The van der Waals surface area contributed by atoms with Crippen molar-refractivity contribution < 1.29 is 0 Å². The van der Waals surface area contributed by atoms with Crippen molar-refractivity contribution in [3.63, 3.8) is 0 Å². The van der Waals surface area contributed by atoms with Gasteiger partial charge in [0.25, 0.3) is 0 Å². The van der Waals surface area contributed by atoms with Gasteiger partial charge in [0, 0.05) is 18.2 Å². The summed E-state index contributed by atoms with van der Waals surface area (Å²) >= 11 is 0. The summed E-state index contributed by atoms with van der Waals surface area (Å²) in [5.41, 5.74) is 6.64. The molecule has 2 bridgehead atoms. The number of hydrogen-bond acceptors (Lipinski definition) is 2. The second-order valence-electron chi connectivity index (χ2n) is 7.81. The van der Waals surface area contributed by atoms with Crippen LogP contribution in [-0.4, -0.2) is 19.3 Å². The van der Waals surface area contributed by atoms with E-state index in [9.17, 15) is 0 Å². The monoisotopic (exact) mass is 250 g/mol. The number of rotatable bonds is 4. The summed E-state index contributed by atoms with van der Waals surface area (Å²) in [6.07, 6.45) is 6.37. The first-order valence-electron chi connectivity index (χ1n) is 7.47. The van der Waals surface area contributed by atoms with Crippen molar-refractivity contribution in [2.24, 2.45) is 38.8 Å². The number of nitrogens with zero attached hydrogens (tertiary/aromatic N) is 1. The third kappa shape index (κ3) is 1.84. The Labute approximate surface area is 112 Å². The molecule has 2 nitrogen and oxygen atoms in total. The SMILES string of the molecule is CC1(C)C2CCC(C)(C(C)(C)/C=N/CCN)C1C2. The van der Waals surface area contributed by atoms with Crippen LogP contribution in [0.2, 0.25) is 0 Å². The van der Waals surface area contributed by atoms with Crippen LogP contribution in [0.15, 0.2) is 4.99 Å². The molecule has 0 saturated heterocycles. The molecule has 3 unspecified atom stereocenters. The molecule has 0 spiro atoms. The van der Waals surface area contributed by atoms with E-state index in [0.29, 0.717) is 17.4 Å². The average Bonchev–Trinajstić information content (AvgIpc) is 2.28. The molecule has 3 rings (SSSR count). The molecular weight excluding hydrogens is 220 g/mol. The van der Waals surface area contributed by atoms with Gasteiger partial charge in [-0.25, -0.2) is 0 Å². The molecule has 2 N–H and O–H groups in total. The number of fused-ring (bicyclic) bond motifs is 2. The van der Waals surface area contributed by atoms with Crippen molar-refractivity contribution in [3.8, 4) is 0 Å². The van der Waals surface area contributed by atoms with Crippen molar-refractivity contribution in [3.05, 3.63) is 0 Å². The molecule has 0 aliphatic heterocycles. The Morgan fingerprint density at radius 3 is 2.50 bits per heavy atom. The maximum atomic E-state index is 5.53. The fourth-order valence-electron chi connectivity index (χ4n) is 4.52. The van der Waals surface area contributed by atoms with Crippen molar-refractivity contribution in [2.45, 2.75) is 53.9 Å². The highest BCUT2D eigenvalue weighted by Crippen LogP contribution is 2.69. The van der Waals surface area contributed by atoms with Crippen LogP contribution in [0.3, 0.4) is 0 Å². The van der Waals surface area contributed by atoms with E-state index in [4.69, 9.17) is 5.73 Å². The van der Waals surface area contributed by atoms with E-state index >= 15 is 0 Å². The fourth-order valence-corrected chi connectivity index (χ4v) is 4.52. The Kier molecular flexibility index (Phi) is 3.38. The van der Waals surface area contributed by atoms with E-state index in [2.05, 4.69) is 45.8 Å². The van der Waals surface area contributed by atoms with Gasteiger partial charge < -0.3 is 5.73 Å². The summed E-state index contributed by atoms with van der Waals surface area (Å²) in [6, 6.07) is 0. The molecule has 18 heavy (non-hydrogen) atoms. The zero-order valence-electron chi connectivity index (χ0n) is 12.8. The highest BCUT2D eigenvalue weighted by atomic mass is 14.8. The fraction of sp³-hybridized carbons (Fsp3) is 0.938. The van der Waals surface area contributed by atoms with E-state index < -0.39 is 0 Å². The van der Waals surface area contributed by atoms with E-state index in [1.54, 1.807) is 0 Å². The lowest BCUT2D eigenvalue weighted by Gasteiger charge is -2.68. The number of hydrogen-bond donors (Lipinski definition) is 1. The molecule has 0 amide bonds. The van der Waals surface area contributed by atoms with Crippen molar-refractivity contribution >= 4 is 6.21 Å². The first-order valence-corrected chi connectivity index (χ1v) is 7.47. The van der Waals surface area contributed by atoms with Crippen molar-refractivity contribution in [1.29, 1.82) is 0 Å². The van der Waals surface area contributed by atoms with Gasteiger partial charge >= 0.3 is 0 Å². The number of aliphatic imine (C=N–C) groups is 1. The molecule has 3 fully saturated rings. The molecule has 0 aromatic carbocycles. The van der Waals surface area contributed by atoms with E-state index in [0.717, 1.165) is 18.4 Å². The van der Waals surface area contributed by atoms with Crippen LogP contribution in [0.25, 0.3) is 0 Å². The predicted molar refractivity (Wildman–Crippen MR) is 78.9 cm³/mol. The lowest BCUT2D eigenvalue weighted by atomic mass is 9.37. The van der Waals surface area contributed by atoms with Crippen LogP contribution in [0, 0.1) is 28.1 Å². The lowest BCUT2D eigenvalue weighted by molar-refractivity contribution is -0.177. The van der Waals surface area contributed by atoms with E-state index in [1.807, 2.05) is 0 Å². The molecular formula is C16H30N2. The van der Waals surface area contributed by atoms with Gasteiger partial charge in [-0.1, -0.05) is 34.6 Å². The zero-order chi connectivity index (χ0) is 13.6. The number of nitrogens with two attached hydrogens (primary N) is 1. The zero-order valence-corrected chi connectivity index (χ0v) is 12.8. The first kappa shape index (κ1) is 14.0. The minimum absolute atomic E-state index is 0.176. The van der Waals surface area contributed by atoms with Gasteiger partial charge in [-0.15, -0.1) is 0 Å². The summed E-state index contributed by atoms with van der Waals surface area (Å²) in [6.45, 7) is 13.6. The minimum atomic E-state index is 0.176. The molecule has 3 aliphatic carbocycles. The minimum Gasteiger partial charge on any atom is -0.329 e. The smallest absolute Gasteiger partial charge is 0.0508 e. The Bertz CT molecular complexity index is 341. The van der Waals surface area contributed by atoms with Gasteiger partial charge in [-0.2, -0.15) is 0 Å². The Morgan fingerprint density at radius 2 is 2.00 bits per heavy atom. The summed E-state index contributed by atoms with van der Waals surface area (Å²) in [5.74, 6) is 1.82. The van der Waals surface area contributed by atoms with E-state index in [1.165, 1.54) is 19.3 Å². The van der Waals surface area contributed by atoms with Crippen LogP contribution < -0.4 is 5.73 Å². The maximum Gasteiger partial charge on any atom is 0.0508 e. The maximum absolute atomic E-state index is 5.53. The predicted octanol–water partition coefficient (Wildman–Crippen LogP) is 3.50. The summed E-state index contributed by atoms with van der Waals surface area (Å²) < 4.78 is 0. The highest BCUT2D eigenvalue weighted by molar-refractivity contribution is 5.66. The van der Waals surface area contributed by atoms with Crippen molar-refractivity contribution in [2.75, 3.05) is 13.1 Å². The van der Waals surface area contributed by atoms with Gasteiger partial charge in [0.2, 0.25) is 0 Å². The second kappa shape index (κ2) is 4.33. The highest BCUT2D eigenvalue weighted by Gasteiger charge is 2.62.